The highest BCUT2D eigenvalue weighted by Crippen LogP contribution is 2.24. The van der Waals surface area contributed by atoms with Crippen molar-refractivity contribution in [1.82, 2.24) is 24.6 Å². The highest BCUT2D eigenvalue weighted by atomic mass is 16.6. The van der Waals surface area contributed by atoms with Crippen molar-refractivity contribution in [2.24, 2.45) is 0 Å². The molecule has 7 nitrogen and oxygen atoms in total. The molecule has 8 heteroatoms. The minimum atomic E-state index is -0.500. The second-order valence-electron chi connectivity index (χ2n) is 6.81. The number of fused-ring (bicyclic) bond motifs is 1. The molecule has 0 saturated carbocycles. The van der Waals surface area contributed by atoms with E-state index in [-0.39, 0.29) is 12.1 Å². The van der Waals surface area contributed by atoms with Gasteiger partial charge in [-0.3, -0.25) is 0 Å². The van der Waals surface area contributed by atoms with Gasteiger partial charge in [0.05, 0.1) is 6.04 Å². The Balaban J connectivity index is 1.82. The van der Waals surface area contributed by atoms with Gasteiger partial charge in [-0.2, -0.15) is 5.10 Å². The monoisotopic (exact) mass is 313 g/mol. The fourth-order valence-corrected chi connectivity index (χ4v) is 2.80. The lowest BCUT2D eigenvalue weighted by molar-refractivity contribution is 0.0169. The van der Waals surface area contributed by atoms with Crippen LogP contribution in [0.3, 0.4) is 0 Å². The summed E-state index contributed by atoms with van der Waals surface area (Å²) in [6.07, 6.45) is 4.65. The fourth-order valence-electron chi connectivity index (χ4n) is 2.80. The summed E-state index contributed by atoms with van der Waals surface area (Å²) in [4.78, 5) is 22.3. The van der Waals surface area contributed by atoms with E-state index >= 15 is 0 Å². The van der Waals surface area contributed by atoms with Crippen molar-refractivity contribution in [3.63, 3.8) is 0 Å². The number of nitrogens with zero attached hydrogens (tertiary/aromatic N) is 5. The first-order valence-electron chi connectivity index (χ1n) is 7.77. The van der Waals surface area contributed by atoms with Crippen molar-refractivity contribution in [3.8, 4) is 0 Å². The number of carbonyl (C=O) groups is 1. The van der Waals surface area contributed by atoms with Crippen LogP contribution in [0.15, 0.2) is 12.5 Å². The Kier molecular flexibility index (Phi) is 4.00. The Labute approximate surface area is 136 Å². The quantitative estimate of drug-likeness (QED) is 0.740. The average molecular weight is 313 g/mol. The number of hydrogen-bond acceptors (Lipinski definition) is 5. The number of rotatable bonds is 1. The molecule has 2 aromatic heterocycles. The molecular weight excluding hydrogens is 293 g/mol. The number of amides is 1. The van der Waals surface area contributed by atoms with E-state index in [4.69, 9.17) is 12.6 Å². The summed E-state index contributed by atoms with van der Waals surface area (Å²) in [6.45, 7) is 6.82. The lowest BCUT2D eigenvalue weighted by atomic mass is 10.0. The van der Waals surface area contributed by atoms with E-state index in [2.05, 4.69) is 15.1 Å². The zero-order chi connectivity index (χ0) is 16.6. The average Bonchev–Trinajstić information content (AvgIpc) is 2.83. The molecule has 2 radical (unpaired) electrons. The third-order valence-corrected chi connectivity index (χ3v) is 3.79. The maximum Gasteiger partial charge on any atom is 0.410 e. The van der Waals surface area contributed by atoms with Crippen LogP contribution in [0.1, 0.15) is 39.7 Å². The highest BCUT2D eigenvalue weighted by molar-refractivity contribution is 6.36. The number of likely N-dealkylation sites (tertiary alicyclic amines) is 1. The van der Waals surface area contributed by atoms with E-state index in [0.717, 1.165) is 18.2 Å². The molecule has 1 saturated heterocycles. The molecule has 0 spiro atoms. The molecule has 1 aliphatic heterocycles. The predicted molar refractivity (Wildman–Crippen MR) is 86.8 cm³/mol. The summed E-state index contributed by atoms with van der Waals surface area (Å²) >= 11 is 0. The predicted octanol–water partition coefficient (Wildman–Crippen LogP) is 1.19. The van der Waals surface area contributed by atoms with Gasteiger partial charge in [0.2, 0.25) is 0 Å². The molecule has 0 aromatic carbocycles. The maximum absolute atomic E-state index is 12.3. The van der Waals surface area contributed by atoms with Gasteiger partial charge in [-0.25, -0.2) is 19.4 Å². The fraction of sp³-hybridized carbons (Fsp3) is 0.600. The first-order chi connectivity index (χ1) is 10.8. The Hall–Kier alpha value is -2.12. The number of carbonyl (C=O) groups excluding carboxylic acids is 1. The lowest BCUT2D eigenvalue weighted by Gasteiger charge is -2.34. The molecule has 1 atom stereocenters. The van der Waals surface area contributed by atoms with Crippen molar-refractivity contribution in [3.05, 3.63) is 12.5 Å². The van der Waals surface area contributed by atoms with E-state index in [0.29, 0.717) is 24.3 Å². The number of aromatic nitrogens is 4. The highest BCUT2D eigenvalue weighted by Gasteiger charge is 2.29. The van der Waals surface area contributed by atoms with Crippen molar-refractivity contribution in [2.45, 2.75) is 45.3 Å². The smallest absolute Gasteiger partial charge is 0.410 e. The van der Waals surface area contributed by atoms with Crippen LogP contribution in [0.25, 0.3) is 11.0 Å². The van der Waals surface area contributed by atoms with Crippen LogP contribution in [0, 0.1) is 0 Å². The normalized spacial score (nSPS) is 19.1. The van der Waals surface area contributed by atoms with Gasteiger partial charge < -0.3 is 9.64 Å². The van der Waals surface area contributed by atoms with Crippen LogP contribution in [-0.4, -0.2) is 57.3 Å². The summed E-state index contributed by atoms with van der Waals surface area (Å²) < 4.78 is 7.27. The summed E-state index contributed by atoms with van der Waals surface area (Å²) in [6, 6.07) is 0.0333. The lowest BCUT2D eigenvalue weighted by Crippen LogP contribution is -2.43. The standard InChI is InChI=1S/C15H20BN5O2/c1-15(2,3)23-14(22)20-6-4-5-10(8-20)21-13-11(12(16)19-21)7-17-9-18-13/h7,9-10H,4-6,8H2,1-3H3/t10-/m1/s1. The van der Waals surface area contributed by atoms with Gasteiger partial charge in [-0.05, 0) is 33.6 Å². The van der Waals surface area contributed by atoms with Crippen LogP contribution in [0.2, 0.25) is 0 Å². The maximum atomic E-state index is 12.3. The van der Waals surface area contributed by atoms with E-state index < -0.39 is 5.60 Å². The van der Waals surface area contributed by atoms with Gasteiger partial charge in [0, 0.05) is 30.3 Å². The molecule has 0 unspecified atom stereocenters. The summed E-state index contributed by atoms with van der Waals surface area (Å²) in [5.74, 6) is 0. The molecule has 2 aromatic rings. The van der Waals surface area contributed by atoms with Crippen LogP contribution in [0.4, 0.5) is 4.79 Å². The first kappa shape index (κ1) is 15.8. The Morgan fingerprint density at radius 1 is 1.43 bits per heavy atom. The zero-order valence-electron chi connectivity index (χ0n) is 13.7. The number of ether oxygens (including phenoxy) is 1. The third kappa shape index (κ3) is 3.30. The van der Waals surface area contributed by atoms with Crippen molar-refractivity contribution in [2.75, 3.05) is 13.1 Å². The van der Waals surface area contributed by atoms with Crippen LogP contribution < -0.4 is 5.59 Å². The second-order valence-corrected chi connectivity index (χ2v) is 6.81. The Morgan fingerprint density at radius 2 is 2.22 bits per heavy atom. The molecule has 120 valence electrons. The van der Waals surface area contributed by atoms with Crippen LogP contribution in [-0.2, 0) is 4.74 Å². The van der Waals surface area contributed by atoms with E-state index in [1.54, 1.807) is 11.1 Å². The zero-order valence-corrected chi connectivity index (χ0v) is 13.7. The molecule has 1 fully saturated rings. The molecule has 0 aliphatic carbocycles. The summed E-state index contributed by atoms with van der Waals surface area (Å²) in [7, 11) is 5.94. The summed E-state index contributed by atoms with van der Waals surface area (Å²) in [5.41, 5.74) is 0.614. The van der Waals surface area contributed by atoms with Gasteiger partial charge in [0.1, 0.15) is 19.8 Å². The minimum Gasteiger partial charge on any atom is -0.444 e. The van der Waals surface area contributed by atoms with Gasteiger partial charge in [0.15, 0.2) is 5.65 Å². The largest absolute Gasteiger partial charge is 0.444 e. The molecule has 0 bridgehead atoms. The molecule has 3 rings (SSSR count). The van der Waals surface area contributed by atoms with Gasteiger partial charge in [-0.15, -0.1) is 0 Å². The Morgan fingerprint density at radius 3 is 2.96 bits per heavy atom. The molecule has 23 heavy (non-hydrogen) atoms. The molecule has 1 amide bonds. The summed E-state index contributed by atoms with van der Waals surface area (Å²) in [5, 5.41) is 5.13. The van der Waals surface area contributed by atoms with Gasteiger partial charge in [0.25, 0.3) is 0 Å². The van der Waals surface area contributed by atoms with Crippen molar-refractivity contribution in [1.29, 1.82) is 0 Å². The van der Waals surface area contributed by atoms with Crippen molar-refractivity contribution >= 4 is 30.6 Å². The van der Waals surface area contributed by atoms with Crippen molar-refractivity contribution < 1.29 is 9.53 Å². The molecule has 0 N–H and O–H groups in total. The SMILES string of the molecule is [B]c1nn([C@@H]2CCCN(C(=O)OC(C)(C)C)C2)c2ncncc12. The molecular formula is C15H20BN5O2. The van der Waals surface area contributed by atoms with Gasteiger partial charge in [-0.1, -0.05) is 0 Å². The van der Waals surface area contributed by atoms with Gasteiger partial charge >= 0.3 is 6.09 Å². The van der Waals surface area contributed by atoms with E-state index in [1.165, 1.54) is 6.33 Å². The molecule has 1 aliphatic rings. The molecule has 3 heterocycles. The van der Waals surface area contributed by atoms with Crippen LogP contribution >= 0.6 is 0 Å². The number of piperidine rings is 1. The van der Waals surface area contributed by atoms with Crippen LogP contribution in [0.5, 0.6) is 0 Å². The second kappa shape index (κ2) is 5.83. The third-order valence-electron chi connectivity index (χ3n) is 3.79. The first-order valence-corrected chi connectivity index (χ1v) is 7.77. The topological polar surface area (TPSA) is 73.1 Å². The minimum absolute atomic E-state index is 0.0333. The van der Waals surface area contributed by atoms with E-state index in [9.17, 15) is 4.79 Å². The Bertz CT molecular complexity index is 724. The number of hydrogen-bond donors (Lipinski definition) is 0. The van der Waals surface area contributed by atoms with E-state index in [1.807, 2.05) is 25.5 Å².